The Morgan fingerprint density at radius 1 is 1.32 bits per heavy atom. The summed E-state index contributed by atoms with van der Waals surface area (Å²) in [6.45, 7) is 0.475. The van der Waals surface area contributed by atoms with Gasteiger partial charge in [-0.1, -0.05) is 0 Å². The lowest BCUT2D eigenvalue weighted by molar-refractivity contribution is -0.389. The van der Waals surface area contributed by atoms with Gasteiger partial charge in [-0.15, -0.1) is 0 Å². The monoisotopic (exact) mass is 357 g/mol. The second-order valence-electron chi connectivity index (χ2n) is 5.65. The molecule has 1 aromatic carbocycles. The number of alkyl halides is 3. The fourth-order valence-electron chi connectivity index (χ4n) is 2.71. The van der Waals surface area contributed by atoms with E-state index in [2.05, 4.69) is 5.10 Å². The van der Waals surface area contributed by atoms with Gasteiger partial charge in [0.1, 0.15) is 11.3 Å². The van der Waals surface area contributed by atoms with Crippen molar-refractivity contribution in [2.75, 3.05) is 6.61 Å². The van der Waals surface area contributed by atoms with Crippen LogP contribution in [0.25, 0.3) is 11.1 Å². The second kappa shape index (κ2) is 6.36. The van der Waals surface area contributed by atoms with Crippen LogP contribution in [0.15, 0.2) is 24.4 Å². The van der Waals surface area contributed by atoms with E-state index >= 15 is 0 Å². The maximum absolute atomic E-state index is 12.9. The number of phenolic OH excluding ortho intramolecular Hbond substituents is 1. The highest BCUT2D eigenvalue weighted by molar-refractivity contribution is 5.76. The van der Waals surface area contributed by atoms with E-state index in [9.17, 15) is 28.4 Å². The first-order valence-corrected chi connectivity index (χ1v) is 7.53. The molecule has 2 heterocycles. The Kier molecular flexibility index (Phi) is 4.38. The molecule has 0 bridgehead atoms. The zero-order valence-corrected chi connectivity index (χ0v) is 12.9. The van der Waals surface area contributed by atoms with Gasteiger partial charge in [0.05, 0.1) is 16.9 Å². The third-order valence-corrected chi connectivity index (χ3v) is 3.95. The lowest BCUT2D eigenvalue weighted by Crippen LogP contribution is -2.18. The Bertz CT molecular complexity index is 798. The molecule has 7 nitrogen and oxygen atoms in total. The maximum atomic E-state index is 12.9. The molecule has 1 aliphatic heterocycles. The normalized spacial score (nSPS) is 18.3. The van der Waals surface area contributed by atoms with Crippen LogP contribution < -0.4 is 0 Å². The largest absolute Gasteiger partial charge is 0.507 e. The standard InChI is InChI=1S/C15H14F3N3O4/c16-15(17,18)9-4-5-12(22)10(7-9)11-8-20(19-14(11)21(23)24)13-3-1-2-6-25-13/h4-5,7-8,13,22H,1-3,6H2/t13-/m0/s1. The highest BCUT2D eigenvalue weighted by Gasteiger charge is 2.33. The first-order valence-electron chi connectivity index (χ1n) is 7.53. The Morgan fingerprint density at radius 2 is 2.08 bits per heavy atom. The van der Waals surface area contributed by atoms with E-state index in [1.54, 1.807) is 0 Å². The minimum Gasteiger partial charge on any atom is -0.507 e. The number of nitro groups is 1. The van der Waals surface area contributed by atoms with E-state index in [0.717, 1.165) is 18.9 Å². The topological polar surface area (TPSA) is 90.4 Å². The van der Waals surface area contributed by atoms with Crippen LogP contribution in [0.1, 0.15) is 31.1 Å². The number of phenols is 1. The Balaban J connectivity index is 2.09. The van der Waals surface area contributed by atoms with Crippen LogP contribution in [0.5, 0.6) is 5.75 Å². The maximum Gasteiger partial charge on any atom is 0.416 e. The van der Waals surface area contributed by atoms with Crippen molar-refractivity contribution >= 4 is 5.82 Å². The summed E-state index contributed by atoms with van der Waals surface area (Å²) >= 11 is 0. The third-order valence-electron chi connectivity index (χ3n) is 3.95. The molecule has 134 valence electrons. The number of hydrogen-bond donors (Lipinski definition) is 1. The van der Waals surface area contributed by atoms with Crippen molar-refractivity contribution in [3.05, 3.63) is 40.1 Å². The summed E-state index contributed by atoms with van der Waals surface area (Å²) in [6.07, 6.45) is -1.62. The molecule has 0 spiro atoms. The van der Waals surface area contributed by atoms with E-state index in [0.29, 0.717) is 25.2 Å². The van der Waals surface area contributed by atoms with Gasteiger partial charge in [-0.25, -0.2) is 0 Å². The number of nitrogens with zero attached hydrogens (tertiary/aromatic N) is 3. The molecular weight excluding hydrogens is 343 g/mol. The molecule has 2 aromatic rings. The van der Waals surface area contributed by atoms with Gasteiger partial charge in [-0.05, 0) is 42.4 Å². The van der Waals surface area contributed by atoms with E-state index in [1.165, 1.54) is 10.9 Å². The minimum atomic E-state index is -4.64. The van der Waals surface area contributed by atoms with Crippen molar-refractivity contribution in [1.29, 1.82) is 0 Å². The van der Waals surface area contributed by atoms with Gasteiger partial charge in [-0.3, -0.25) is 0 Å². The third kappa shape index (κ3) is 3.43. The molecule has 25 heavy (non-hydrogen) atoms. The number of aromatic nitrogens is 2. The van der Waals surface area contributed by atoms with E-state index in [-0.39, 0.29) is 11.1 Å². The second-order valence-corrected chi connectivity index (χ2v) is 5.65. The molecule has 0 saturated carbocycles. The lowest BCUT2D eigenvalue weighted by Gasteiger charge is -2.20. The van der Waals surface area contributed by atoms with Crippen LogP contribution in [0.2, 0.25) is 0 Å². The number of ether oxygens (including phenoxy) is 1. The Hall–Kier alpha value is -2.62. The molecule has 3 rings (SSSR count). The summed E-state index contributed by atoms with van der Waals surface area (Å²) in [7, 11) is 0. The Morgan fingerprint density at radius 3 is 2.68 bits per heavy atom. The molecule has 1 N–H and O–H groups in total. The van der Waals surface area contributed by atoms with Crippen molar-refractivity contribution in [3.8, 4) is 16.9 Å². The fraction of sp³-hybridized carbons (Fsp3) is 0.400. The fourth-order valence-corrected chi connectivity index (χ4v) is 2.71. The molecule has 10 heteroatoms. The van der Waals surface area contributed by atoms with Crippen LogP contribution in [-0.4, -0.2) is 26.4 Å². The van der Waals surface area contributed by atoms with Crippen LogP contribution in [0, 0.1) is 10.1 Å². The molecular formula is C15H14F3N3O4. The van der Waals surface area contributed by atoms with Gasteiger partial charge in [-0.2, -0.15) is 17.9 Å². The molecule has 1 saturated heterocycles. The average molecular weight is 357 g/mol. The van der Waals surface area contributed by atoms with Crippen LogP contribution in [-0.2, 0) is 10.9 Å². The highest BCUT2D eigenvalue weighted by atomic mass is 19.4. The quantitative estimate of drug-likeness (QED) is 0.665. The van der Waals surface area contributed by atoms with Gasteiger partial charge >= 0.3 is 12.0 Å². The SMILES string of the molecule is O=[N+]([O-])c1nn([C@@H]2CCCCO2)cc1-c1cc(C(F)(F)F)ccc1O. The molecule has 1 atom stereocenters. The van der Waals surface area contributed by atoms with Crippen molar-refractivity contribution in [3.63, 3.8) is 0 Å². The predicted octanol–water partition coefficient (Wildman–Crippen LogP) is 3.88. The van der Waals surface area contributed by atoms with Crippen LogP contribution in [0.3, 0.4) is 0 Å². The summed E-state index contributed by atoms with van der Waals surface area (Å²) in [4.78, 5) is 10.5. The highest BCUT2D eigenvalue weighted by Crippen LogP contribution is 2.40. The molecule has 0 radical (unpaired) electrons. The van der Waals surface area contributed by atoms with Crippen molar-refractivity contribution in [1.82, 2.24) is 9.78 Å². The number of halogens is 3. The first-order chi connectivity index (χ1) is 11.8. The number of rotatable bonds is 3. The average Bonchev–Trinajstić information content (AvgIpc) is 3.00. The van der Waals surface area contributed by atoms with Gasteiger partial charge in [0.2, 0.25) is 0 Å². The smallest absolute Gasteiger partial charge is 0.416 e. The summed E-state index contributed by atoms with van der Waals surface area (Å²) in [6, 6.07) is 2.24. The minimum absolute atomic E-state index is 0.192. The van der Waals surface area contributed by atoms with E-state index < -0.39 is 34.5 Å². The van der Waals surface area contributed by atoms with Gasteiger partial charge in [0.25, 0.3) is 0 Å². The summed E-state index contributed by atoms with van der Waals surface area (Å²) < 4.78 is 45.5. The summed E-state index contributed by atoms with van der Waals surface area (Å²) in [5.41, 5.74) is -1.51. The molecule has 0 aliphatic carbocycles. The molecule has 1 aliphatic rings. The number of benzene rings is 1. The molecule has 1 fully saturated rings. The van der Waals surface area contributed by atoms with Crippen LogP contribution in [0.4, 0.5) is 19.0 Å². The van der Waals surface area contributed by atoms with Gasteiger partial charge in [0, 0.05) is 12.2 Å². The summed E-state index contributed by atoms with van der Waals surface area (Å²) in [5, 5.41) is 25.0. The van der Waals surface area contributed by atoms with Crippen molar-refractivity contribution in [2.45, 2.75) is 31.7 Å². The number of hydrogen-bond acceptors (Lipinski definition) is 5. The number of aromatic hydroxyl groups is 1. The lowest BCUT2D eigenvalue weighted by atomic mass is 10.0. The zero-order valence-electron chi connectivity index (χ0n) is 12.9. The van der Waals surface area contributed by atoms with Crippen LogP contribution >= 0.6 is 0 Å². The summed E-state index contributed by atoms with van der Waals surface area (Å²) in [5.74, 6) is -1.14. The van der Waals surface area contributed by atoms with E-state index in [4.69, 9.17) is 4.74 Å². The molecule has 1 aromatic heterocycles. The molecule has 0 amide bonds. The zero-order chi connectivity index (χ0) is 18.2. The van der Waals surface area contributed by atoms with Crippen molar-refractivity contribution < 1.29 is 27.9 Å². The molecule has 0 unspecified atom stereocenters. The Labute approximate surface area is 139 Å². The van der Waals surface area contributed by atoms with E-state index in [1.807, 2.05) is 0 Å². The predicted molar refractivity (Wildman–Crippen MR) is 79.8 cm³/mol. The van der Waals surface area contributed by atoms with Crippen molar-refractivity contribution in [2.24, 2.45) is 0 Å². The van der Waals surface area contributed by atoms with Gasteiger partial charge < -0.3 is 20.0 Å². The first kappa shape index (κ1) is 17.2. The van der Waals surface area contributed by atoms with Gasteiger partial charge in [0.15, 0.2) is 6.23 Å².